The minimum absolute atomic E-state index is 0.794. The van der Waals surface area contributed by atoms with Gasteiger partial charge >= 0.3 is 0 Å². The van der Waals surface area contributed by atoms with Crippen LogP contribution in [0.1, 0.15) is 26.2 Å². The first-order chi connectivity index (χ1) is 6.31. The van der Waals surface area contributed by atoms with Crippen LogP contribution in [-0.2, 0) is 0 Å². The molecule has 1 aromatic carbocycles. The van der Waals surface area contributed by atoms with Gasteiger partial charge in [0.1, 0.15) is 0 Å². The van der Waals surface area contributed by atoms with Crippen LogP contribution in [-0.4, -0.2) is 5.33 Å². The second-order valence-electron chi connectivity index (χ2n) is 2.69. The molecule has 0 aliphatic rings. The summed E-state index contributed by atoms with van der Waals surface area (Å²) in [6, 6.07) is 9.44. The zero-order valence-corrected chi connectivity index (χ0v) is 10.3. The number of benzene rings is 1. The topological polar surface area (TPSA) is 0 Å². The maximum Gasteiger partial charge on any atom is 0.0405 e. The predicted molar refractivity (Wildman–Crippen MR) is 64.8 cm³/mol. The van der Waals surface area contributed by atoms with Crippen molar-refractivity contribution in [1.29, 1.82) is 0 Å². The Labute approximate surface area is 94.4 Å². The third-order valence-electron chi connectivity index (χ3n) is 1.47. The van der Waals surface area contributed by atoms with Gasteiger partial charge in [0, 0.05) is 10.4 Å². The van der Waals surface area contributed by atoms with E-state index in [1.165, 1.54) is 24.6 Å². The van der Waals surface area contributed by atoms with Gasteiger partial charge in [-0.2, -0.15) is 0 Å². The molecular formula is C11H16BrCl. The molecule has 13 heavy (non-hydrogen) atoms. The molecule has 0 aliphatic carbocycles. The minimum Gasteiger partial charge on any atom is -0.0928 e. The van der Waals surface area contributed by atoms with Crippen molar-refractivity contribution in [2.75, 3.05) is 5.33 Å². The third-order valence-corrected chi connectivity index (χ3v) is 2.28. The van der Waals surface area contributed by atoms with E-state index in [0.717, 1.165) is 5.02 Å². The smallest absolute Gasteiger partial charge is 0.0405 e. The summed E-state index contributed by atoms with van der Waals surface area (Å²) in [5, 5.41) is 1.96. The minimum atomic E-state index is 0.794. The van der Waals surface area contributed by atoms with Crippen molar-refractivity contribution in [1.82, 2.24) is 0 Å². The number of unbranched alkanes of at least 4 members (excludes halogenated alkanes) is 2. The number of hydrogen-bond donors (Lipinski definition) is 0. The number of alkyl halides is 1. The van der Waals surface area contributed by atoms with Crippen molar-refractivity contribution in [2.24, 2.45) is 0 Å². The second kappa shape index (κ2) is 10.1. The van der Waals surface area contributed by atoms with Crippen LogP contribution < -0.4 is 0 Å². The number of hydrogen-bond acceptors (Lipinski definition) is 0. The lowest BCUT2D eigenvalue weighted by molar-refractivity contribution is 0.781. The summed E-state index contributed by atoms with van der Waals surface area (Å²) in [7, 11) is 0. The summed E-state index contributed by atoms with van der Waals surface area (Å²) >= 11 is 8.89. The van der Waals surface area contributed by atoms with Crippen LogP contribution in [0.15, 0.2) is 30.3 Å². The van der Waals surface area contributed by atoms with Crippen LogP contribution >= 0.6 is 27.5 Å². The van der Waals surface area contributed by atoms with Crippen molar-refractivity contribution in [3.8, 4) is 0 Å². The van der Waals surface area contributed by atoms with Crippen molar-refractivity contribution < 1.29 is 0 Å². The molecule has 0 saturated carbocycles. The van der Waals surface area contributed by atoms with E-state index in [1.807, 2.05) is 30.3 Å². The Morgan fingerprint density at radius 3 is 2.00 bits per heavy atom. The van der Waals surface area contributed by atoms with Crippen molar-refractivity contribution in [3.63, 3.8) is 0 Å². The molecule has 1 aromatic rings. The van der Waals surface area contributed by atoms with E-state index in [-0.39, 0.29) is 0 Å². The highest BCUT2D eigenvalue weighted by atomic mass is 79.9. The SMILES string of the molecule is CCCCCBr.Clc1ccccc1. The van der Waals surface area contributed by atoms with Gasteiger partial charge < -0.3 is 0 Å². The van der Waals surface area contributed by atoms with Crippen molar-refractivity contribution >= 4 is 27.5 Å². The average molecular weight is 264 g/mol. The molecule has 0 unspecified atom stereocenters. The molecule has 0 atom stereocenters. The van der Waals surface area contributed by atoms with Crippen LogP contribution in [0.4, 0.5) is 0 Å². The fraction of sp³-hybridized carbons (Fsp3) is 0.455. The van der Waals surface area contributed by atoms with Crippen molar-refractivity contribution in [2.45, 2.75) is 26.2 Å². The maximum atomic E-state index is 5.54. The molecule has 0 aliphatic heterocycles. The van der Waals surface area contributed by atoms with Gasteiger partial charge in [0.25, 0.3) is 0 Å². The van der Waals surface area contributed by atoms with Gasteiger partial charge in [-0.25, -0.2) is 0 Å². The van der Waals surface area contributed by atoms with Crippen LogP contribution in [0.3, 0.4) is 0 Å². The lowest BCUT2D eigenvalue weighted by Crippen LogP contribution is -1.70. The predicted octanol–water partition coefficient (Wildman–Crippen LogP) is 4.91. The molecule has 0 N–H and O–H groups in total. The van der Waals surface area contributed by atoms with Gasteiger partial charge in [-0.15, -0.1) is 0 Å². The molecule has 0 saturated heterocycles. The first-order valence-corrected chi connectivity index (χ1v) is 6.07. The standard InChI is InChI=1S/C6H5Cl.C5H11Br/c7-6-4-2-1-3-5-6;1-2-3-4-5-6/h1-5H;2-5H2,1H3. The van der Waals surface area contributed by atoms with Crippen molar-refractivity contribution in [3.05, 3.63) is 35.4 Å². The Hall–Kier alpha value is -0.0100. The molecular weight excluding hydrogens is 247 g/mol. The van der Waals surface area contributed by atoms with E-state index in [0.29, 0.717) is 0 Å². The highest BCUT2D eigenvalue weighted by molar-refractivity contribution is 9.09. The third kappa shape index (κ3) is 9.91. The van der Waals surface area contributed by atoms with E-state index in [4.69, 9.17) is 11.6 Å². The van der Waals surface area contributed by atoms with E-state index in [2.05, 4.69) is 22.9 Å². The van der Waals surface area contributed by atoms with Crippen LogP contribution in [0.2, 0.25) is 5.02 Å². The monoisotopic (exact) mass is 262 g/mol. The van der Waals surface area contributed by atoms with E-state index in [1.54, 1.807) is 0 Å². The van der Waals surface area contributed by atoms with Gasteiger partial charge in [-0.1, -0.05) is 65.5 Å². The van der Waals surface area contributed by atoms with Gasteiger partial charge in [-0.05, 0) is 18.6 Å². The van der Waals surface area contributed by atoms with Crippen LogP contribution in [0.5, 0.6) is 0 Å². The van der Waals surface area contributed by atoms with E-state index >= 15 is 0 Å². The maximum absolute atomic E-state index is 5.54. The molecule has 74 valence electrons. The molecule has 0 bridgehead atoms. The fourth-order valence-corrected chi connectivity index (χ4v) is 1.30. The molecule has 0 amide bonds. The zero-order valence-electron chi connectivity index (χ0n) is 7.97. The quantitative estimate of drug-likeness (QED) is 0.537. The van der Waals surface area contributed by atoms with Gasteiger partial charge in [-0.3, -0.25) is 0 Å². The lowest BCUT2D eigenvalue weighted by atomic mass is 10.3. The first-order valence-electron chi connectivity index (χ1n) is 4.57. The second-order valence-corrected chi connectivity index (χ2v) is 3.92. The first kappa shape index (κ1) is 13.0. The fourth-order valence-electron chi connectivity index (χ4n) is 0.759. The molecule has 0 heterocycles. The van der Waals surface area contributed by atoms with E-state index < -0.39 is 0 Å². The summed E-state index contributed by atoms with van der Waals surface area (Å²) in [4.78, 5) is 0. The molecule has 0 radical (unpaired) electrons. The summed E-state index contributed by atoms with van der Waals surface area (Å²) in [5.41, 5.74) is 0. The zero-order chi connectivity index (χ0) is 9.94. The Balaban J connectivity index is 0.000000226. The molecule has 0 spiro atoms. The summed E-state index contributed by atoms with van der Waals surface area (Å²) in [6.45, 7) is 2.21. The Bertz CT molecular complexity index is 183. The van der Waals surface area contributed by atoms with Gasteiger partial charge in [0.05, 0.1) is 0 Å². The largest absolute Gasteiger partial charge is 0.0928 e. The lowest BCUT2D eigenvalue weighted by Gasteiger charge is -1.85. The Kier molecular flexibility index (Phi) is 10.1. The molecule has 0 fully saturated rings. The Morgan fingerprint density at radius 2 is 1.77 bits per heavy atom. The van der Waals surface area contributed by atoms with E-state index in [9.17, 15) is 0 Å². The highest BCUT2D eigenvalue weighted by Crippen LogP contribution is 2.03. The summed E-state index contributed by atoms with van der Waals surface area (Å²) < 4.78 is 0. The molecule has 2 heteroatoms. The normalized spacial score (nSPS) is 8.85. The highest BCUT2D eigenvalue weighted by Gasteiger charge is 1.76. The molecule has 1 rings (SSSR count). The molecule has 0 aromatic heterocycles. The number of halogens is 2. The van der Waals surface area contributed by atoms with Gasteiger partial charge in [0.15, 0.2) is 0 Å². The van der Waals surface area contributed by atoms with Crippen LogP contribution in [0, 0.1) is 0 Å². The van der Waals surface area contributed by atoms with Crippen LogP contribution in [0.25, 0.3) is 0 Å². The Morgan fingerprint density at radius 1 is 1.15 bits per heavy atom. The number of rotatable bonds is 3. The summed E-state index contributed by atoms with van der Waals surface area (Å²) in [5.74, 6) is 0. The van der Waals surface area contributed by atoms with Gasteiger partial charge in [0.2, 0.25) is 0 Å². The summed E-state index contributed by atoms with van der Waals surface area (Å²) in [6.07, 6.45) is 4.02. The molecule has 0 nitrogen and oxygen atoms in total. The average Bonchev–Trinajstić information content (AvgIpc) is 2.17.